The Morgan fingerprint density at radius 1 is 0.528 bits per heavy atom. The van der Waals surface area contributed by atoms with Crippen molar-refractivity contribution in [2.24, 2.45) is 0 Å². The summed E-state index contributed by atoms with van der Waals surface area (Å²) in [7, 11) is -0.446. The van der Waals surface area contributed by atoms with Crippen molar-refractivity contribution in [2.45, 2.75) is 0 Å². The Labute approximate surface area is 230 Å². The molecule has 5 aromatic rings. The van der Waals surface area contributed by atoms with E-state index in [1.807, 2.05) is 18.2 Å². The van der Waals surface area contributed by atoms with Crippen LogP contribution in [0.1, 0.15) is 21.5 Å². The predicted octanol–water partition coefficient (Wildman–Crippen LogP) is 6.30. The molecule has 36 heavy (non-hydrogen) atoms. The second-order valence-electron chi connectivity index (χ2n) is 7.74. The number of carbonyl (C=O) groups excluding carboxylic acids is 1. The molecule has 178 valence electrons. The van der Waals surface area contributed by atoms with E-state index < -0.39 is 7.92 Å². The third-order valence-corrected chi connectivity index (χ3v) is 7.79. The fraction of sp³-hybridized carbons (Fsp3) is 0. The smallest absolute Gasteiger partial charge is 0.366 e. The van der Waals surface area contributed by atoms with Gasteiger partial charge in [0.05, 0.1) is 0 Å². The summed E-state index contributed by atoms with van der Waals surface area (Å²) in [4.78, 5) is 12.0. The zero-order valence-electron chi connectivity index (χ0n) is 19.5. The maximum atomic E-state index is 12.0. The molecule has 0 unspecified atom stereocenters. The molecule has 0 bridgehead atoms. The van der Waals surface area contributed by atoms with Crippen LogP contribution in [0.4, 0.5) is 0 Å². The van der Waals surface area contributed by atoms with Crippen LogP contribution in [0, 0.1) is 12.3 Å². The van der Waals surface area contributed by atoms with Crippen LogP contribution in [0.25, 0.3) is 0 Å². The normalized spacial score (nSPS) is 9.78. The summed E-state index contributed by atoms with van der Waals surface area (Å²) in [6.07, 6.45) is 7.02. The molecule has 0 fully saturated rings. The third kappa shape index (κ3) is 7.25. The Balaban J connectivity index is 0.000000198. The van der Waals surface area contributed by atoms with Gasteiger partial charge in [-0.1, -0.05) is 133 Å². The van der Waals surface area contributed by atoms with Crippen molar-refractivity contribution >= 4 is 29.6 Å². The first-order valence-corrected chi connectivity index (χ1v) is 12.7. The fourth-order valence-corrected chi connectivity index (χ4v) is 5.98. The first-order valence-electron chi connectivity index (χ1n) is 11.3. The van der Waals surface area contributed by atoms with E-state index in [9.17, 15) is 4.79 Å². The first-order chi connectivity index (χ1) is 17.3. The van der Waals surface area contributed by atoms with Crippen LogP contribution < -0.4 is 15.9 Å². The summed E-state index contributed by atoms with van der Waals surface area (Å²) in [5, 5.41) is 4.19. The molecule has 0 aromatic heterocycles. The number of rotatable bonds is 5. The van der Waals surface area contributed by atoms with Gasteiger partial charge in [0.2, 0.25) is 0 Å². The van der Waals surface area contributed by atoms with E-state index in [0.717, 1.165) is 0 Å². The van der Waals surface area contributed by atoms with Gasteiger partial charge in [0.25, 0.3) is 0 Å². The molecule has 1 nitrogen and oxygen atoms in total. The maximum Gasteiger partial charge on any atom is 1.00 e. The molecule has 0 N–H and O–H groups in total. The molecule has 0 heterocycles. The van der Waals surface area contributed by atoms with E-state index in [1.54, 1.807) is 36.4 Å². The minimum Gasteiger partial charge on any atom is -0.366 e. The van der Waals surface area contributed by atoms with Crippen molar-refractivity contribution in [1.82, 2.24) is 0 Å². The quantitative estimate of drug-likeness (QED) is 0.0710. The Kier molecular flexibility index (Phi) is 10.7. The summed E-state index contributed by atoms with van der Waals surface area (Å²) < 4.78 is 0. The first kappa shape index (κ1) is 27.1. The number of ketones is 1. The van der Waals surface area contributed by atoms with Crippen molar-refractivity contribution in [2.75, 3.05) is 0 Å². The second-order valence-corrected chi connectivity index (χ2v) is 9.96. The van der Waals surface area contributed by atoms with Gasteiger partial charge < -0.3 is 6.42 Å². The zero-order chi connectivity index (χ0) is 24.3. The Bertz CT molecular complexity index is 1300. The topological polar surface area (TPSA) is 17.1 Å². The van der Waals surface area contributed by atoms with E-state index in [2.05, 4.69) is 96.9 Å². The van der Waals surface area contributed by atoms with Gasteiger partial charge in [-0.25, -0.2) is 0 Å². The zero-order valence-corrected chi connectivity index (χ0v) is 22.6. The summed E-state index contributed by atoms with van der Waals surface area (Å²) in [6.45, 7) is 0. The largest absolute Gasteiger partial charge is 1.00 e. The number of hydrogen-bond donors (Lipinski definition) is 0. The minimum absolute atomic E-state index is 0. The Hall–Kier alpha value is -3.50. The Morgan fingerprint density at radius 2 is 0.917 bits per heavy atom. The minimum atomic E-state index is -0.446. The summed E-state index contributed by atoms with van der Waals surface area (Å²) >= 11 is 0. The molecule has 0 saturated carbocycles. The van der Waals surface area contributed by atoms with E-state index in [4.69, 9.17) is 6.42 Å². The van der Waals surface area contributed by atoms with E-state index in [1.165, 1.54) is 15.9 Å². The van der Waals surface area contributed by atoms with Gasteiger partial charge in [0.15, 0.2) is 5.78 Å². The fourth-order valence-electron chi connectivity index (χ4n) is 3.67. The molecule has 5 rings (SSSR count). The number of hydrogen-bond acceptors (Lipinski definition) is 1. The molecule has 0 radical (unpaired) electrons. The van der Waals surface area contributed by atoms with Crippen LogP contribution in [0.15, 0.2) is 146 Å². The van der Waals surface area contributed by atoms with Crippen molar-refractivity contribution in [3.63, 3.8) is 0 Å². The predicted molar refractivity (Wildman–Crippen MR) is 148 cm³/mol. The molecule has 0 atom stereocenters. The van der Waals surface area contributed by atoms with Crippen LogP contribution in [-0.2, 0) is 22.4 Å². The Morgan fingerprint density at radius 3 is 1.33 bits per heavy atom. The number of benzene rings is 5. The average molecular weight is 664 g/mol. The van der Waals surface area contributed by atoms with Gasteiger partial charge in [-0.05, 0) is 23.8 Å². The average Bonchev–Trinajstić information content (AvgIpc) is 2.95. The molecule has 0 saturated heterocycles. The van der Waals surface area contributed by atoms with Crippen LogP contribution >= 0.6 is 7.92 Å². The van der Waals surface area contributed by atoms with Gasteiger partial charge >= 0.3 is 22.4 Å². The SMILES string of the molecule is [Au+].[C-]#Cc1cccc(C(=O)c2ccccc2)c1.c1ccc(P(c2ccccc2)c2ccccc2)cc1. The molecule has 0 aliphatic heterocycles. The van der Waals surface area contributed by atoms with E-state index in [0.29, 0.717) is 16.7 Å². The number of carbonyl (C=O) groups is 1. The summed E-state index contributed by atoms with van der Waals surface area (Å²) in [5.41, 5.74) is 1.86. The monoisotopic (exact) mass is 664 g/mol. The van der Waals surface area contributed by atoms with Crippen LogP contribution in [0.2, 0.25) is 0 Å². The second kappa shape index (κ2) is 14.2. The molecule has 0 aliphatic rings. The molecule has 0 spiro atoms. The van der Waals surface area contributed by atoms with Gasteiger partial charge in [-0.2, -0.15) is 0 Å². The molecule has 0 aliphatic carbocycles. The molecular weight excluding hydrogens is 640 g/mol. The van der Waals surface area contributed by atoms with Crippen LogP contribution in [0.3, 0.4) is 0 Å². The molecule has 3 heteroatoms. The summed E-state index contributed by atoms with van der Waals surface area (Å²) in [6, 6.07) is 48.3. The van der Waals surface area contributed by atoms with Crippen molar-refractivity contribution in [3.05, 3.63) is 169 Å². The van der Waals surface area contributed by atoms with Crippen molar-refractivity contribution in [1.29, 1.82) is 0 Å². The van der Waals surface area contributed by atoms with Crippen LogP contribution in [-0.4, -0.2) is 5.78 Å². The van der Waals surface area contributed by atoms with Crippen molar-refractivity contribution < 1.29 is 27.2 Å². The van der Waals surface area contributed by atoms with E-state index >= 15 is 0 Å². The third-order valence-electron chi connectivity index (χ3n) is 5.35. The van der Waals surface area contributed by atoms with Crippen LogP contribution in [0.5, 0.6) is 0 Å². The molecule has 0 amide bonds. The molecular formula is C33H24AuOP. The van der Waals surface area contributed by atoms with Crippen molar-refractivity contribution in [3.8, 4) is 5.92 Å². The molecule has 5 aromatic carbocycles. The summed E-state index contributed by atoms with van der Waals surface area (Å²) in [5.74, 6) is 2.24. The van der Waals surface area contributed by atoms with Gasteiger partial charge in [-0.15, -0.1) is 17.7 Å². The van der Waals surface area contributed by atoms with Gasteiger partial charge in [0.1, 0.15) is 0 Å². The van der Waals surface area contributed by atoms with Gasteiger partial charge in [0, 0.05) is 11.1 Å². The van der Waals surface area contributed by atoms with Gasteiger partial charge in [-0.3, -0.25) is 10.7 Å². The standard InChI is InChI=1S/C18H15P.C15H9O.Au/c1-4-10-16(11-5-1)19(17-12-6-2-7-13-17)18-14-8-3-9-15-18;1-2-12-7-6-10-14(11-12)15(16)13-8-4-3-5-9-13;/h1-15H;3-11H;/q;-1;+1. The maximum absolute atomic E-state index is 12.0. The van der Waals surface area contributed by atoms with E-state index in [-0.39, 0.29) is 28.2 Å².